The molecule has 92 valence electrons. The second kappa shape index (κ2) is 6.55. The van der Waals surface area contributed by atoms with E-state index in [0.717, 1.165) is 17.8 Å². The monoisotopic (exact) mass is 240 g/mol. The lowest BCUT2D eigenvalue weighted by atomic mass is 10.1. The third kappa shape index (κ3) is 3.70. The van der Waals surface area contributed by atoms with Gasteiger partial charge in [-0.05, 0) is 29.7 Å². The van der Waals surface area contributed by atoms with Crippen LogP contribution in [-0.4, -0.2) is 6.54 Å². The van der Waals surface area contributed by atoms with Gasteiger partial charge in [0.25, 0.3) is 0 Å². The van der Waals surface area contributed by atoms with Crippen molar-refractivity contribution in [3.05, 3.63) is 70.6 Å². The highest BCUT2D eigenvalue weighted by molar-refractivity contribution is 5.45. The van der Waals surface area contributed by atoms with Crippen LogP contribution in [0.25, 0.3) is 0 Å². The average Bonchev–Trinajstić information content (AvgIpc) is 2.45. The van der Waals surface area contributed by atoms with Gasteiger partial charge in [0.1, 0.15) is 0 Å². The molecule has 2 aromatic carbocycles. The van der Waals surface area contributed by atoms with Crippen LogP contribution >= 0.6 is 0 Å². The van der Waals surface area contributed by atoms with Crippen LogP contribution in [0.15, 0.2) is 59.8 Å². The van der Waals surface area contributed by atoms with Crippen molar-refractivity contribution in [3.8, 4) is 0 Å². The summed E-state index contributed by atoms with van der Waals surface area (Å²) in [6.07, 6.45) is 0.711. The van der Waals surface area contributed by atoms with Crippen molar-refractivity contribution in [2.45, 2.75) is 13.0 Å². The molecule has 3 nitrogen and oxygen atoms in total. The maximum Gasteiger partial charge on any atom is 0.0851 e. The number of anilines is 1. The molecule has 0 aliphatic rings. The van der Waals surface area contributed by atoms with Gasteiger partial charge in [0.15, 0.2) is 0 Å². The Morgan fingerprint density at radius 2 is 1.61 bits per heavy atom. The highest BCUT2D eigenvalue weighted by Gasteiger charge is 1.95. The molecule has 0 aromatic heterocycles. The molecule has 0 fully saturated rings. The molecule has 2 aromatic rings. The lowest BCUT2D eigenvalue weighted by Crippen LogP contribution is -1.99. The number of rotatable bonds is 6. The number of benzene rings is 2. The fourth-order valence-electron chi connectivity index (χ4n) is 1.76. The van der Waals surface area contributed by atoms with Crippen molar-refractivity contribution in [1.29, 1.82) is 0 Å². The van der Waals surface area contributed by atoms with Gasteiger partial charge in [-0.2, -0.15) is 4.91 Å². The summed E-state index contributed by atoms with van der Waals surface area (Å²) in [5.41, 5.74) is 3.48. The Hall–Kier alpha value is -2.16. The minimum Gasteiger partial charge on any atom is -0.381 e. The molecule has 0 heterocycles. The Kier molecular flexibility index (Phi) is 4.47. The van der Waals surface area contributed by atoms with E-state index in [1.165, 1.54) is 5.56 Å². The zero-order valence-electron chi connectivity index (χ0n) is 10.2. The molecule has 0 bridgehead atoms. The summed E-state index contributed by atoms with van der Waals surface area (Å²) >= 11 is 0. The number of nitrogens with zero attached hydrogens (tertiary/aromatic N) is 1. The second-order valence-electron chi connectivity index (χ2n) is 4.14. The molecule has 0 radical (unpaired) electrons. The molecule has 0 atom stereocenters. The van der Waals surface area contributed by atoms with Crippen LogP contribution in [-0.2, 0) is 13.0 Å². The summed E-state index contributed by atoms with van der Waals surface area (Å²) in [5.74, 6) is 0. The van der Waals surface area contributed by atoms with E-state index < -0.39 is 0 Å². The third-order valence-electron chi connectivity index (χ3n) is 2.79. The van der Waals surface area contributed by atoms with Gasteiger partial charge < -0.3 is 5.32 Å². The Morgan fingerprint density at radius 3 is 2.28 bits per heavy atom. The average molecular weight is 240 g/mol. The molecule has 3 heteroatoms. The van der Waals surface area contributed by atoms with E-state index in [0.29, 0.717) is 13.0 Å². The van der Waals surface area contributed by atoms with Crippen LogP contribution in [0.5, 0.6) is 0 Å². The smallest absolute Gasteiger partial charge is 0.0851 e. The van der Waals surface area contributed by atoms with Gasteiger partial charge in [-0.3, -0.25) is 0 Å². The topological polar surface area (TPSA) is 41.5 Å². The van der Waals surface area contributed by atoms with Crippen molar-refractivity contribution >= 4 is 5.69 Å². The normalized spacial score (nSPS) is 10.0. The summed E-state index contributed by atoms with van der Waals surface area (Å²) in [4.78, 5) is 10.0. The zero-order chi connectivity index (χ0) is 12.6. The molecular formula is C15H16N2O. The van der Waals surface area contributed by atoms with Gasteiger partial charge >= 0.3 is 0 Å². The quantitative estimate of drug-likeness (QED) is 0.784. The maximum absolute atomic E-state index is 10.0. The van der Waals surface area contributed by atoms with E-state index in [1.807, 2.05) is 42.5 Å². The predicted molar refractivity (Wildman–Crippen MR) is 74.6 cm³/mol. The van der Waals surface area contributed by atoms with Crippen molar-refractivity contribution in [1.82, 2.24) is 0 Å². The summed E-state index contributed by atoms with van der Waals surface area (Å²) in [5, 5.41) is 6.22. The van der Waals surface area contributed by atoms with Gasteiger partial charge in [-0.15, -0.1) is 0 Å². The first-order chi connectivity index (χ1) is 8.88. The Bertz CT molecular complexity index is 480. The fourth-order valence-corrected chi connectivity index (χ4v) is 1.76. The second-order valence-corrected chi connectivity index (χ2v) is 4.14. The van der Waals surface area contributed by atoms with Crippen LogP contribution < -0.4 is 5.32 Å². The first-order valence-corrected chi connectivity index (χ1v) is 6.04. The molecule has 0 spiro atoms. The van der Waals surface area contributed by atoms with Crippen molar-refractivity contribution in [2.24, 2.45) is 5.18 Å². The molecule has 2 rings (SSSR count). The first kappa shape index (κ1) is 12.3. The molecular weight excluding hydrogens is 224 g/mol. The summed E-state index contributed by atoms with van der Waals surface area (Å²) in [6.45, 7) is 1.16. The highest BCUT2D eigenvalue weighted by atomic mass is 16.3. The fraction of sp³-hybridized carbons (Fsp3) is 0.200. The van der Waals surface area contributed by atoms with Crippen LogP contribution in [0.4, 0.5) is 5.69 Å². The third-order valence-corrected chi connectivity index (χ3v) is 2.79. The summed E-state index contributed by atoms with van der Waals surface area (Å²) in [7, 11) is 0. The van der Waals surface area contributed by atoms with Gasteiger partial charge in [0, 0.05) is 12.2 Å². The molecule has 0 saturated carbocycles. The van der Waals surface area contributed by atoms with Gasteiger partial charge in [-0.25, -0.2) is 0 Å². The maximum atomic E-state index is 10.0. The molecule has 1 N–H and O–H groups in total. The molecule has 0 aliphatic carbocycles. The van der Waals surface area contributed by atoms with E-state index in [9.17, 15) is 4.91 Å². The van der Waals surface area contributed by atoms with Crippen molar-refractivity contribution in [2.75, 3.05) is 11.9 Å². The summed E-state index contributed by atoms with van der Waals surface area (Å²) < 4.78 is 0. The molecule has 0 saturated heterocycles. The molecule has 0 unspecified atom stereocenters. The van der Waals surface area contributed by atoms with Crippen LogP contribution in [0, 0.1) is 4.91 Å². The van der Waals surface area contributed by atoms with E-state index >= 15 is 0 Å². The SMILES string of the molecule is O=NCCc1ccc(NCc2ccccc2)cc1. The van der Waals surface area contributed by atoms with E-state index in [1.54, 1.807) is 0 Å². The molecule has 18 heavy (non-hydrogen) atoms. The predicted octanol–water partition coefficient (Wildman–Crippen LogP) is 3.61. The highest BCUT2D eigenvalue weighted by Crippen LogP contribution is 2.11. The van der Waals surface area contributed by atoms with Crippen LogP contribution in [0.1, 0.15) is 11.1 Å². The number of nitroso groups, excluding NO2 is 1. The standard InChI is InChI=1S/C15H16N2O/c18-17-11-10-13-6-8-15(9-7-13)16-12-14-4-2-1-3-5-14/h1-9,16H,10-12H2. The minimum atomic E-state index is 0.344. The van der Waals surface area contributed by atoms with Crippen LogP contribution in [0.2, 0.25) is 0 Å². The lowest BCUT2D eigenvalue weighted by molar-refractivity contribution is 0.960. The number of hydrogen-bond acceptors (Lipinski definition) is 3. The van der Waals surface area contributed by atoms with Crippen molar-refractivity contribution in [3.63, 3.8) is 0 Å². The zero-order valence-corrected chi connectivity index (χ0v) is 10.2. The Labute approximate surface area is 107 Å². The van der Waals surface area contributed by atoms with E-state index in [-0.39, 0.29) is 0 Å². The first-order valence-electron chi connectivity index (χ1n) is 6.04. The van der Waals surface area contributed by atoms with E-state index in [4.69, 9.17) is 0 Å². The molecule has 0 amide bonds. The van der Waals surface area contributed by atoms with Gasteiger partial charge in [-0.1, -0.05) is 47.6 Å². The van der Waals surface area contributed by atoms with Gasteiger partial charge in [0.2, 0.25) is 0 Å². The number of nitrogens with one attached hydrogen (secondary N) is 1. The Morgan fingerprint density at radius 1 is 0.889 bits per heavy atom. The van der Waals surface area contributed by atoms with Crippen LogP contribution in [0.3, 0.4) is 0 Å². The van der Waals surface area contributed by atoms with Crippen molar-refractivity contribution < 1.29 is 0 Å². The minimum absolute atomic E-state index is 0.344. The lowest BCUT2D eigenvalue weighted by Gasteiger charge is -2.07. The summed E-state index contributed by atoms with van der Waals surface area (Å²) in [6, 6.07) is 18.4. The largest absolute Gasteiger partial charge is 0.381 e. The van der Waals surface area contributed by atoms with E-state index in [2.05, 4.69) is 22.6 Å². The Balaban J connectivity index is 1.88. The molecule has 0 aliphatic heterocycles. The van der Waals surface area contributed by atoms with Gasteiger partial charge in [0.05, 0.1) is 6.54 Å². The number of hydrogen-bond donors (Lipinski definition) is 1.